The molecule has 0 saturated carbocycles. The number of unbranched alkanes of at least 4 members (excludes halogenated alkanes) is 46. The molecule has 0 aliphatic carbocycles. The second-order valence-corrected chi connectivity index (χ2v) is 30.2. The quantitative estimate of drug-likeness (QED) is 0.0222. The molecule has 0 aliphatic rings. The Morgan fingerprint density at radius 2 is 0.511 bits per heavy atom. The highest BCUT2D eigenvalue weighted by molar-refractivity contribution is 7.47. The third kappa shape index (κ3) is 67.3. The number of rotatable bonds is 75. The number of ether oxygens (including phenoxy) is 4. The molecule has 0 heterocycles. The minimum Gasteiger partial charge on any atom is -0.462 e. The fraction of sp³-hybridized carbons (Fsp3) is 0.947. The molecule has 6 atom stereocenters. The van der Waals surface area contributed by atoms with Crippen LogP contribution in [-0.4, -0.2) is 96.7 Å². The Hall–Kier alpha value is -1.94. The predicted octanol–water partition coefficient (Wildman–Crippen LogP) is 22.1. The molecule has 17 nitrogen and oxygen atoms in total. The lowest BCUT2D eigenvalue weighted by Crippen LogP contribution is -2.30. The van der Waals surface area contributed by atoms with Crippen LogP contribution in [0, 0.1) is 5.92 Å². The van der Waals surface area contributed by atoms with Gasteiger partial charge in [0.2, 0.25) is 0 Å². The maximum Gasteiger partial charge on any atom is 0.472 e. The monoisotopic (exact) mass is 1380 g/mol. The van der Waals surface area contributed by atoms with E-state index < -0.39 is 97.5 Å². The van der Waals surface area contributed by atoms with Gasteiger partial charge in [-0.05, 0) is 31.6 Å². The van der Waals surface area contributed by atoms with Crippen molar-refractivity contribution >= 4 is 39.5 Å². The first-order valence-electron chi connectivity index (χ1n) is 39.2. The summed E-state index contributed by atoms with van der Waals surface area (Å²) in [5, 5.41) is 10.6. The van der Waals surface area contributed by atoms with Crippen LogP contribution in [0.15, 0.2) is 0 Å². The van der Waals surface area contributed by atoms with Crippen LogP contribution in [0.2, 0.25) is 0 Å². The molecule has 0 aliphatic heterocycles. The normalized spacial score (nSPS) is 14.3. The van der Waals surface area contributed by atoms with Gasteiger partial charge in [-0.25, -0.2) is 9.13 Å². The second-order valence-electron chi connectivity index (χ2n) is 27.3. The molecular formula is C75H146O17P2. The lowest BCUT2D eigenvalue weighted by molar-refractivity contribution is -0.161. The largest absolute Gasteiger partial charge is 0.472 e. The average Bonchev–Trinajstić information content (AvgIpc) is 1.94. The molecule has 0 saturated heterocycles. The Morgan fingerprint density at radius 3 is 0.755 bits per heavy atom. The number of esters is 4. The van der Waals surface area contributed by atoms with Crippen molar-refractivity contribution in [2.24, 2.45) is 5.92 Å². The van der Waals surface area contributed by atoms with Crippen molar-refractivity contribution < 1.29 is 80.2 Å². The fourth-order valence-corrected chi connectivity index (χ4v) is 13.1. The van der Waals surface area contributed by atoms with Crippen molar-refractivity contribution in [3.8, 4) is 0 Å². The highest BCUT2D eigenvalue weighted by Crippen LogP contribution is 2.45. The molecule has 94 heavy (non-hydrogen) atoms. The van der Waals surface area contributed by atoms with E-state index in [4.69, 9.17) is 37.0 Å². The summed E-state index contributed by atoms with van der Waals surface area (Å²) in [4.78, 5) is 72.7. The van der Waals surface area contributed by atoms with Gasteiger partial charge >= 0.3 is 39.5 Å². The zero-order valence-corrected chi connectivity index (χ0v) is 62.9. The third-order valence-corrected chi connectivity index (χ3v) is 19.8. The number of carbonyl (C=O) groups is 4. The first-order chi connectivity index (χ1) is 45.6. The molecule has 0 aromatic heterocycles. The molecule has 3 unspecified atom stereocenters. The van der Waals surface area contributed by atoms with E-state index in [1.165, 1.54) is 205 Å². The van der Waals surface area contributed by atoms with Crippen LogP contribution >= 0.6 is 15.6 Å². The zero-order valence-electron chi connectivity index (χ0n) is 61.1. The van der Waals surface area contributed by atoms with Crippen LogP contribution in [0.25, 0.3) is 0 Å². The van der Waals surface area contributed by atoms with E-state index in [2.05, 4.69) is 34.6 Å². The summed E-state index contributed by atoms with van der Waals surface area (Å²) in [5.74, 6) is -1.32. The molecule has 19 heteroatoms. The summed E-state index contributed by atoms with van der Waals surface area (Å²) < 4.78 is 68.4. The third-order valence-electron chi connectivity index (χ3n) is 17.9. The topological polar surface area (TPSA) is 237 Å². The Bertz CT molecular complexity index is 1810. The van der Waals surface area contributed by atoms with Crippen molar-refractivity contribution in [1.29, 1.82) is 0 Å². The van der Waals surface area contributed by atoms with E-state index in [0.29, 0.717) is 25.7 Å². The SMILES string of the molecule is CCCCCCCCCCCCCCCCCCCCC(=O)O[C@H](COC(=O)CCCCCCCCCCCCCCCCC)COP(=O)(O)OC[C@@H](O)COP(=O)(O)OC[C@@H](COC(=O)CCCCCCCCC)OC(=O)CCCCCCCCCCCCC(C)CC. The Balaban J connectivity index is 5.20. The van der Waals surface area contributed by atoms with Crippen LogP contribution in [0.3, 0.4) is 0 Å². The molecule has 0 rings (SSSR count). The lowest BCUT2D eigenvalue weighted by atomic mass is 9.99. The number of aliphatic hydroxyl groups is 1. The van der Waals surface area contributed by atoms with Crippen molar-refractivity contribution in [3.05, 3.63) is 0 Å². The van der Waals surface area contributed by atoms with Crippen LogP contribution in [0.5, 0.6) is 0 Å². The Labute approximate surface area is 575 Å². The van der Waals surface area contributed by atoms with Gasteiger partial charge in [-0.3, -0.25) is 37.3 Å². The number of carbonyl (C=O) groups excluding carboxylic acids is 4. The minimum absolute atomic E-state index is 0.106. The van der Waals surface area contributed by atoms with Crippen molar-refractivity contribution in [1.82, 2.24) is 0 Å². The van der Waals surface area contributed by atoms with Crippen molar-refractivity contribution in [2.75, 3.05) is 39.6 Å². The number of phosphoric acid groups is 2. The highest BCUT2D eigenvalue weighted by Gasteiger charge is 2.30. The number of phosphoric ester groups is 2. The molecule has 0 spiro atoms. The summed E-state index contributed by atoms with van der Waals surface area (Å²) in [6.07, 6.45) is 56.9. The van der Waals surface area contributed by atoms with Crippen molar-refractivity contribution in [3.63, 3.8) is 0 Å². The highest BCUT2D eigenvalue weighted by atomic mass is 31.2. The molecular weight excluding hydrogens is 1230 g/mol. The van der Waals surface area contributed by atoms with Gasteiger partial charge in [-0.15, -0.1) is 0 Å². The lowest BCUT2D eigenvalue weighted by Gasteiger charge is -2.21. The summed E-state index contributed by atoms with van der Waals surface area (Å²) in [6.45, 7) is 7.27. The molecule has 0 aromatic carbocycles. The van der Waals surface area contributed by atoms with Crippen LogP contribution in [-0.2, 0) is 65.4 Å². The maximum atomic E-state index is 13.1. The first kappa shape index (κ1) is 92.1. The first-order valence-corrected chi connectivity index (χ1v) is 42.2. The van der Waals surface area contributed by atoms with Gasteiger partial charge in [0.25, 0.3) is 0 Å². The van der Waals surface area contributed by atoms with Crippen LogP contribution in [0.4, 0.5) is 0 Å². The van der Waals surface area contributed by atoms with Gasteiger partial charge < -0.3 is 33.8 Å². The molecule has 0 amide bonds. The van der Waals surface area contributed by atoms with Gasteiger partial charge in [-0.1, -0.05) is 343 Å². The van der Waals surface area contributed by atoms with Crippen LogP contribution < -0.4 is 0 Å². The Kier molecular flexibility index (Phi) is 66.8. The summed E-state index contributed by atoms with van der Waals surface area (Å²) >= 11 is 0. The van der Waals surface area contributed by atoms with Gasteiger partial charge in [0.1, 0.15) is 19.3 Å². The molecule has 3 N–H and O–H groups in total. The van der Waals surface area contributed by atoms with Gasteiger partial charge in [0, 0.05) is 25.7 Å². The fourth-order valence-electron chi connectivity index (χ4n) is 11.5. The average molecular weight is 1380 g/mol. The standard InChI is InChI=1S/C75H146O17P2/c1-6-10-13-16-19-21-23-25-27-28-29-31-33-35-40-45-50-55-60-74(79)92-71(65-86-73(78)59-54-49-44-39-34-32-30-26-24-22-20-17-14-11-7-2)67-90-94(83,84)88-63-69(76)62-87-93(81,82)89-66-70(64-85-72(77)58-53-48-42-18-15-12-8-3)91-75(80)61-56-51-46-41-37-36-38-43-47-52-57-68(5)9-4/h68-71,76H,6-67H2,1-5H3,(H,81,82)(H,83,84)/t68?,69-,70+,71+/m0/s1. The molecule has 0 bridgehead atoms. The summed E-state index contributed by atoms with van der Waals surface area (Å²) in [6, 6.07) is 0. The molecule has 0 radical (unpaired) electrons. The van der Waals surface area contributed by atoms with Gasteiger partial charge in [0.15, 0.2) is 12.2 Å². The summed E-state index contributed by atoms with van der Waals surface area (Å²) in [7, 11) is -9.90. The number of hydrogen-bond donors (Lipinski definition) is 3. The van der Waals surface area contributed by atoms with Crippen LogP contribution in [0.1, 0.15) is 394 Å². The molecule has 0 fully saturated rings. The zero-order chi connectivity index (χ0) is 69.1. The van der Waals surface area contributed by atoms with E-state index in [1.807, 2.05) is 0 Å². The van der Waals surface area contributed by atoms with Crippen molar-refractivity contribution in [2.45, 2.75) is 412 Å². The Morgan fingerprint density at radius 1 is 0.298 bits per heavy atom. The maximum absolute atomic E-state index is 13.1. The van der Waals surface area contributed by atoms with Gasteiger partial charge in [0.05, 0.1) is 26.4 Å². The smallest absolute Gasteiger partial charge is 0.462 e. The number of hydrogen-bond acceptors (Lipinski definition) is 15. The minimum atomic E-state index is -4.95. The van der Waals surface area contributed by atoms with E-state index in [1.54, 1.807) is 0 Å². The summed E-state index contributed by atoms with van der Waals surface area (Å²) in [5.41, 5.74) is 0. The van der Waals surface area contributed by atoms with Gasteiger partial charge in [-0.2, -0.15) is 0 Å². The van der Waals surface area contributed by atoms with E-state index in [9.17, 15) is 43.2 Å². The molecule has 558 valence electrons. The van der Waals surface area contributed by atoms with E-state index in [-0.39, 0.29) is 25.7 Å². The van der Waals surface area contributed by atoms with E-state index >= 15 is 0 Å². The molecule has 0 aromatic rings. The predicted molar refractivity (Wildman–Crippen MR) is 382 cm³/mol. The van der Waals surface area contributed by atoms with E-state index in [0.717, 1.165) is 109 Å². The second kappa shape index (κ2) is 68.2. The number of aliphatic hydroxyl groups excluding tert-OH is 1.